The highest BCUT2D eigenvalue weighted by Crippen LogP contribution is 2.36. The molecule has 1 N–H and O–H groups in total. The zero-order chi connectivity index (χ0) is 24.5. The molecule has 0 radical (unpaired) electrons. The number of aryl methyl sites for hydroxylation is 1. The molecule has 2 saturated carbocycles. The fourth-order valence-corrected chi connectivity index (χ4v) is 6.38. The van der Waals surface area contributed by atoms with Crippen LogP contribution in [0.25, 0.3) is 10.9 Å². The minimum absolute atomic E-state index is 0.0373. The molecule has 0 unspecified atom stereocenters. The van der Waals surface area contributed by atoms with Gasteiger partial charge in [-0.25, -0.2) is 0 Å². The molecule has 3 aromatic rings. The van der Waals surface area contributed by atoms with E-state index in [1.54, 1.807) is 4.68 Å². The molecule has 3 aliphatic rings. The highest BCUT2D eigenvalue weighted by atomic mass is 16.1. The van der Waals surface area contributed by atoms with E-state index in [4.69, 9.17) is 4.98 Å². The maximum absolute atomic E-state index is 13.0. The molecule has 2 fully saturated rings. The summed E-state index contributed by atoms with van der Waals surface area (Å²) in [5, 5.41) is 8.67. The van der Waals surface area contributed by atoms with Crippen molar-refractivity contribution < 1.29 is 4.79 Å². The van der Waals surface area contributed by atoms with Crippen LogP contribution in [0.5, 0.6) is 0 Å². The van der Waals surface area contributed by atoms with Crippen LogP contribution >= 0.6 is 0 Å². The lowest BCUT2D eigenvalue weighted by molar-refractivity contribution is 0.0921. The third kappa shape index (κ3) is 5.06. The smallest absolute Gasteiger partial charge is 0.252 e. The van der Waals surface area contributed by atoms with Gasteiger partial charge in [-0.1, -0.05) is 18.6 Å². The van der Waals surface area contributed by atoms with Gasteiger partial charge in [0.1, 0.15) is 0 Å². The average molecular weight is 486 g/mol. The first-order chi connectivity index (χ1) is 17.6. The first-order valence-electron chi connectivity index (χ1n) is 14.1. The van der Waals surface area contributed by atoms with E-state index in [0.29, 0.717) is 0 Å². The summed E-state index contributed by atoms with van der Waals surface area (Å²) in [4.78, 5) is 20.7. The van der Waals surface area contributed by atoms with Gasteiger partial charge in [-0.15, -0.1) is 0 Å². The molecule has 1 aromatic carbocycles. The van der Waals surface area contributed by atoms with Gasteiger partial charge in [0.05, 0.1) is 11.1 Å². The lowest BCUT2D eigenvalue weighted by Gasteiger charge is -2.30. The topological polar surface area (TPSA) is 63.1 Å². The van der Waals surface area contributed by atoms with E-state index < -0.39 is 0 Å². The van der Waals surface area contributed by atoms with Crippen molar-refractivity contribution in [1.29, 1.82) is 0 Å². The van der Waals surface area contributed by atoms with E-state index in [-0.39, 0.29) is 11.9 Å². The van der Waals surface area contributed by atoms with Gasteiger partial charge in [0.15, 0.2) is 0 Å². The number of hydrogen-bond donors (Lipinski definition) is 1. The number of amides is 1. The molecule has 3 heterocycles. The molecule has 6 heteroatoms. The van der Waals surface area contributed by atoms with Gasteiger partial charge in [0, 0.05) is 61.5 Å². The Kier molecular flexibility index (Phi) is 6.79. The van der Waals surface area contributed by atoms with Crippen LogP contribution in [0.3, 0.4) is 0 Å². The molecule has 190 valence electrons. The van der Waals surface area contributed by atoms with Gasteiger partial charge in [-0.05, 0) is 87.6 Å². The van der Waals surface area contributed by atoms with Crippen LogP contribution in [0.4, 0.5) is 0 Å². The zero-order valence-electron chi connectivity index (χ0n) is 21.6. The van der Waals surface area contributed by atoms with Gasteiger partial charge in [0.25, 0.3) is 5.91 Å². The molecule has 2 aliphatic carbocycles. The lowest BCUT2D eigenvalue weighted by atomic mass is 9.82. The van der Waals surface area contributed by atoms with E-state index in [9.17, 15) is 4.79 Å². The van der Waals surface area contributed by atoms with Crippen LogP contribution in [0, 0.1) is 5.92 Å². The molecule has 0 saturated heterocycles. The number of carbonyl (C=O) groups is 1. The second-order valence-corrected chi connectivity index (χ2v) is 11.3. The van der Waals surface area contributed by atoms with Crippen molar-refractivity contribution in [3.05, 3.63) is 59.0 Å². The minimum Gasteiger partial charge on any atom is -0.349 e. The molecule has 0 atom stereocenters. The molecule has 0 bridgehead atoms. The van der Waals surface area contributed by atoms with Crippen molar-refractivity contribution >= 4 is 16.8 Å². The third-order valence-corrected chi connectivity index (χ3v) is 8.92. The summed E-state index contributed by atoms with van der Waals surface area (Å²) >= 11 is 0. The van der Waals surface area contributed by atoms with E-state index in [1.165, 1.54) is 62.0 Å². The Hall–Kier alpha value is -2.73. The van der Waals surface area contributed by atoms with Crippen molar-refractivity contribution in [2.45, 2.75) is 76.2 Å². The van der Waals surface area contributed by atoms with Gasteiger partial charge in [-0.3, -0.25) is 14.5 Å². The van der Waals surface area contributed by atoms with Crippen LogP contribution < -0.4 is 5.32 Å². The average Bonchev–Trinajstić information content (AvgIpc) is 3.12. The number of rotatable bonds is 6. The summed E-state index contributed by atoms with van der Waals surface area (Å²) in [6.07, 6.45) is 14.0. The molecule has 1 aliphatic heterocycles. The van der Waals surface area contributed by atoms with Crippen molar-refractivity contribution in [2.75, 3.05) is 19.6 Å². The van der Waals surface area contributed by atoms with Crippen LogP contribution in [0.1, 0.15) is 84.6 Å². The fourth-order valence-electron chi connectivity index (χ4n) is 6.38. The van der Waals surface area contributed by atoms with Crippen molar-refractivity contribution in [3.63, 3.8) is 0 Å². The number of pyridine rings is 1. The molecular formula is C30H39N5O. The molecule has 6 rings (SSSR count). The van der Waals surface area contributed by atoms with E-state index >= 15 is 0 Å². The first-order valence-corrected chi connectivity index (χ1v) is 14.1. The molecule has 6 nitrogen and oxygen atoms in total. The van der Waals surface area contributed by atoms with Crippen LogP contribution in [0.2, 0.25) is 0 Å². The van der Waals surface area contributed by atoms with Gasteiger partial charge < -0.3 is 10.2 Å². The van der Waals surface area contributed by atoms with Crippen LogP contribution in [-0.2, 0) is 19.9 Å². The van der Waals surface area contributed by atoms with Crippen molar-refractivity contribution in [2.24, 2.45) is 13.0 Å². The number of nitrogens with one attached hydrogen (secondary N) is 1. The fraction of sp³-hybridized carbons (Fsp3) is 0.567. The zero-order valence-corrected chi connectivity index (χ0v) is 21.6. The van der Waals surface area contributed by atoms with Gasteiger partial charge in [0.2, 0.25) is 0 Å². The van der Waals surface area contributed by atoms with Crippen LogP contribution in [-0.4, -0.2) is 51.2 Å². The number of fused-ring (bicyclic) bond motifs is 2. The number of aromatic nitrogens is 3. The Balaban J connectivity index is 0.960. The van der Waals surface area contributed by atoms with Gasteiger partial charge >= 0.3 is 0 Å². The first kappa shape index (κ1) is 23.7. The summed E-state index contributed by atoms with van der Waals surface area (Å²) in [7, 11) is 1.90. The normalized spacial score (nSPS) is 23.1. The number of nitrogens with zero attached hydrogens (tertiary/aromatic N) is 4. The summed E-state index contributed by atoms with van der Waals surface area (Å²) in [6, 6.07) is 10.7. The maximum Gasteiger partial charge on any atom is 0.252 e. The summed E-state index contributed by atoms with van der Waals surface area (Å²) in [5.74, 6) is 1.53. The van der Waals surface area contributed by atoms with E-state index in [2.05, 4.69) is 27.4 Å². The van der Waals surface area contributed by atoms with E-state index in [1.807, 2.05) is 31.4 Å². The number of hydrogen-bond acceptors (Lipinski definition) is 4. The molecule has 1 amide bonds. The highest BCUT2D eigenvalue weighted by Gasteiger charge is 2.25. The second kappa shape index (κ2) is 10.3. The van der Waals surface area contributed by atoms with Gasteiger partial charge in [-0.2, -0.15) is 5.10 Å². The lowest BCUT2D eigenvalue weighted by Crippen LogP contribution is -2.38. The Morgan fingerprint density at radius 3 is 2.67 bits per heavy atom. The van der Waals surface area contributed by atoms with E-state index in [0.717, 1.165) is 67.1 Å². The summed E-state index contributed by atoms with van der Waals surface area (Å²) < 4.78 is 1.78. The quantitative estimate of drug-likeness (QED) is 0.533. The third-order valence-electron chi connectivity index (χ3n) is 8.92. The predicted molar refractivity (Wildman–Crippen MR) is 143 cm³/mol. The minimum atomic E-state index is 0.0373. The molecule has 0 spiro atoms. The Morgan fingerprint density at radius 2 is 1.86 bits per heavy atom. The largest absolute Gasteiger partial charge is 0.349 e. The van der Waals surface area contributed by atoms with Crippen molar-refractivity contribution in [1.82, 2.24) is 25.0 Å². The predicted octanol–water partition coefficient (Wildman–Crippen LogP) is 5.02. The SMILES string of the molecule is Cn1cc2c(C(=O)N[C@H]3CC[C@H](CCN4CCc5ccc(C6CCC6)nc5CC4)CC3)cccc2n1. The molecular weight excluding hydrogens is 446 g/mol. The second-order valence-electron chi connectivity index (χ2n) is 11.3. The number of carbonyl (C=O) groups excluding carboxylic acids is 1. The Bertz CT molecular complexity index is 1220. The summed E-state index contributed by atoms with van der Waals surface area (Å²) in [6.45, 7) is 3.48. The summed E-state index contributed by atoms with van der Waals surface area (Å²) in [5.41, 5.74) is 5.78. The van der Waals surface area contributed by atoms with Crippen LogP contribution in [0.15, 0.2) is 36.5 Å². The highest BCUT2D eigenvalue weighted by molar-refractivity contribution is 6.06. The standard InChI is InChI=1S/C30H39N5O/c1-34-20-26-25(6-3-7-29(26)33-34)30(36)31-24-11-8-21(9-12-24)14-17-35-18-15-23-10-13-27(22-4-2-5-22)32-28(23)16-19-35/h3,6-7,10,13,20-22,24H,2,4-5,8-9,11-12,14-19H2,1H3,(H,31,36)/t21-,24-. The maximum atomic E-state index is 13.0. The number of benzene rings is 1. The molecule has 36 heavy (non-hydrogen) atoms. The Labute approximate surface area is 214 Å². The monoisotopic (exact) mass is 485 g/mol. The molecule has 2 aromatic heterocycles. The Morgan fingerprint density at radius 1 is 1.03 bits per heavy atom. The van der Waals surface area contributed by atoms with Crippen molar-refractivity contribution in [3.8, 4) is 0 Å².